The second-order valence-corrected chi connectivity index (χ2v) is 4.19. The lowest BCUT2D eigenvalue weighted by Crippen LogP contribution is -2.25. The fourth-order valence-corrected chi connectivity index (χ4v) is 2.83. The van der Waals surface area contributed by atoms with Crippen molar-refractivity contribution in [1.82, 2.24) is 0 Å². The third-order valence-electron chi connectivity index (χ3n) is 3.75. The van der Waals surface area contributed by atoms with Crippen LogP contribution in [0.2, 0.25) is 0 Å². The summed E-state index contributed by atoms with van der Waals surface area (Å²) in [6.07, 6.45) is 4.36. The molecule has 2 heteroatoms. The highest BCUT2D eigenvalue weighted by molar-refractivity contribution is 5.59. The van der Waals surface area contributed by atoms with E-state index in [2.05, 4.69) is 0 Å². The van der Waals surface area contributed by atoms with Crippen LogP contribution in [0.15, 0.2) is 0 Å². The highest BCUT2D eigenvalue weighted by Gasteiger charge is 2.30. The summed E-state index contributed by atoms with van der Waals surface area (Å²) in [5.41, 5.74) is 7.66. The summed E-state index contributed by atoms with van der Waals surface area (Å²) >= 11 is 0. The van der Waals surface area contributed by atoms with Crippen molar-refractivity contribution in [3.05, 3.63) is 33.4 Å². The highest BCUT2D eigenvalue weighted by Crippen LogP contribution is 2.40. The number of aliphatic hydroxyl groups excluding tert-OH is 2. The molecule has 0 amide bonds. The van der Waals surface area contributed by atoms with Crippen LogP contribution in [0.3, 0.4) is 0 Å². The van der Waals surface area contributed by atoms with Gasteiger partial charge < -0.3 is 10.2 Å². The van der Waals surface area contributed by atoms with Gasteiger partial charge in [-0.15, -0.1) is 0 Å². The van der Waals surface area contributed by atoms with Crippen molar-refractivity contribution in [3.8, 4) is 0 Å². The van der Waals surface area contributed by atoms with E-state index in [-0.39, 0.29) is 13.2 Å². The molecule has 74 valence electrons. The van der Waals surface area contributed by atoms with E-state index >= 15 is 0 Å². The molecule has 0 aromatic heterocycles. The van der Waals surface area contributed by atoms with Gasteiger partial charge in [-0.25, -0.2) is 0 Å². The Labute approximate surface area is 83.2 Å². The minimum atomic E-state index is 0.177. The largest absolute Gasteiger partial charge is 0.392 e. The van der Waals surface area contributed by atoms with Gasteiger partial charge in [-0.2, -0.15) is 0 Å². The topological polar surface area (TPSA) is 40.5 Å². The van der Waals surface area contributed by atoms with E-state index in [9.17, 15) is 10.2 Å². The molecule has 2 aliphatic carbocycles. The molecule has 0 unspecified atom stereocenters. The molecule has 2 aliphatic rings. The molecular formula is C12H14O2. The van der Waals surface area contributed by atoms with Gasteiger partial charge in [0.05, 0.1) is 13.2 Å². The van der Waals surface area contributed by atoms with Gasteiger partial charge in [-0.1, -0.05) is 0 Å². The summed E-state index contributed by atoms with van der Waals surface area (Å²) in [6.45, 7) is 0.354. The zero-order chi connectivity index (χ0) is 9.71. The molecule has 1 aromatic rings. The van der Waals surface area contributed by atoms with Crippen molar-refractivity contribution in [1.29, 1.82) is 0 Å². The molecule has 0 aliphatic heterocycles. The van der Waals surface area contributed by atoms with Crippen LogP contribution in [0, 0.1) is 0 Å². The predicted octanol–water partition coefficient (Wildman–Crippen LogP) is 0.868. The Balaban J connectivity index is 2.27. The van der Waals surface area contributed by atoms with Gasteiger partial charge in [0.1, 0.15) is 0 Å². The maximum Gasteiger partial charge on any atom is 0.0687 e. The third-order valence-corrected chi connectivity index (χ3v) is 3.75. The average molecular weight is 190 g/mol. The van der Waals surface area contributed by atoms with Gasteiger partial charge in [-0.3, -0.25) is 0 Å². The molecule has 2 N–H and O–H groups in total. The smallest absolute Gasteiger partial charge is 0.0687 e. The lowest BCUT2D eigenvalue weighted by atomic mass is 9.71. The Morgan fingerprint density at radius 2 is 0.929 bits per heavy atom. The number of aliphatic hydroxyl groups is 2. The van der Waals surface area contributed by atoms with E-state index in [0.29, 0.717) is 0 Å². The Hall–Kier alpha value is -0.860. The predicted molar refractivity (Wildman–Crippen MR) is 53.1 cm³/mol. The van der Waals surface area contributed by atoms with E-state index in [1.54, 1.807) is 0 Å². The van der Waals surface area contributed by atoms with Crippen LogP contribution in [0.5, 0.6) is 0 Å². The number of benzene rings is 1. The summed E-state index contributed by atoms with van der Waals surface area (Å²) in [4.78, 5) is 0. The Kier molecular flexibility index (Phi) is 1.70. The van der Waals surface area contributed by atoms with Gasteiger partial charge in [0, 0.05) is 0 Å². The molecule has 0 saturated carbocycles. The third kappa shape index (κ3) is 0.830. The van der Waals surface area contributed by atoms with E-state index in [4.69, 9.17) is 0 Å². The maximum atomic E-state index is 9.32. The van der Waals surface area contributed by atoms with Crippen LogP contribution in [0.1, 0.15) is 33.4 Å². The van der Waals surface area contributed by atoms with Gasteiger partial charge in [0.15, 0.2) is 0 Å². The normalized spacial score (nSPS) is 16.7. The van der Waals surface area contributed by atoms with E-state index in [1.807, 2.05) is 0 Å². The number of hydrogen-bond donors (Lipinski definition) is 2. The Morgan fingerprint density at radius 1 is 0.643 bits per heavy atom. The highest BCUT2D eigenvalue weighted by atomic mass is 16.3. The van der Waals surface area contributed by atoms with Gasteiger partial charge >= 0.3 is 0 Å². The van der Waals surface area contributed by atoms with Crippen molar-refractivity contribution in [3.63, 3.8) is 0 Å². The molecule has 0 radical (unpaired) electrons. The number of rotatable bonds is 2. The van der Waals surface area contributed by atoms with Crippen molar-refractivity contribution < 1.29 is 10.2 Å². The molecule has 1 aromatic carbocycles. The van der Waals surface area contributed by atoms with Crippen LogP contribution < -0.4 is 0 Å². The quantitative estimate of drug-likeness (QED) is 0.726. The zero-order valence-electron chi connectivity index (χ0n) is 8.14. The Bertz CT molecular complexity index is 335. The average Bonchev–Trinajstić information content (AvgIpc) is 2.10. The lowest BCUT2D eigenvalue weighted by molar-refractivity contribution is 0.269. The van der Waals surface area contributed by atoms with Crippen LogP contribution in [0.25, 0.3) is 0 Å². The van der Waals surface area contributed by atoms with Crippen LogP contribution in [0.4, 0.5) is 0 Å². The van der Waals surface area contributed by atoms with Gasteiger partial charge in [0.2, 0.25) is 0 Å². The summed E-state index contributed by atoms with van der Waals surface area (Å²) < 4.78 is 0. The summed E-state index contributed by atoms with van der Waals surface area (Å²) in [5.74, 6) is 0. The summed E-state index contributed by atoms with van der Waals surface area (Å²) in [5, 5.41) is 18.6. The molecule has 0 spiro atoms. The minimum absolute atomic E-state index is 0.177. The van der Waals surface area contributed by atoms with Crippen molar-refractivity contribution in [2.24, 2.45) is 0 Å². The number of fused-ring (bicyclic) bond motifs is 2. The second-order valence-electron chi connectivity index (χ2n) is 4.19. The lowest BCUT2D eigenvalue weighted by Gasteiger charge is -2.35. The molecule has 14 heavy (non-hydrogen) atoms. The van der Waals surface area contributed by atoms with Gasteiger partial charge in [-0.05, 0) is 59.1 Å². The summed E-state index contributed by atoms with van der Waals surface area (Å²) in [7, 11) is 0. The fourth-order valence-electron chi connectivity index (χ4n) is 2.83. The van der Waals surface area contributed by atoms with E-state index < -0.39 is 0 Å². The molecule has 0 atom stereocenters. The number of hydrogen-bond acceptors (Lipinski definition) is 2. The van der Waals surface area contributed by atoms with Crippen LogP contribution in [-0.2, 0) is 38.9 Å². The SMILES string of the molecule is OCc1c2c(c(CO)c3c1CC3)CC2. The maximum absolute atomic E-state index is 9.32. The monoisotopic (exact) mass is 190 g/mol. The van der Waals surface area contributed by atoms with Crippen molar-refractivity contribution in [2.45, 2.75) is 38.9 Å². The summed E-state index contributed by atoms with van der Waals surface area (Å²) in [6, 6.07) is 0. The van der Waals surface area contributed by atoms with Crippen LogP contribution >= 0.6 is 0 Å². The standard InChI is InChI=1S/C12H14O2/c13-5-11-7-1-2-8(7)12(6-14)10-4-3-9(10)11/h13-14H,1-6H2. The molecule has 0 heterocycles. The van der Waals surface area contributed by atoms with Crippen LogP contribution in [-0.4, -0.2) is 10.2 Å². The molecule has 0 fully saturated rings. The second kappa shape index (κ2) is 2.81. The van der Waals surface area contributed by atoms with E-state index in [0.717, 1.165) is 25.7 Å². The molecule has 0 bridgehead atoms. The van der Waals surface area contributed by atoms with Crippen molar-refractivity contribution in [2.75, 3.05) is 0 Å². The minimum Gasteiger partial charge on any atom is -0.392 e. The van der Waals surface area contributed by atoms with E-state index in [1.165, 1.54) is 33.4 Å². The first-order chi connectivity index (χ1) is 6.86. The fraction of sp³-hybridized carbons (Fsp3) is 0.500. The first-order valence-electron chi connectivity index (χ1n) is 5.25. The Morgan fingerprint density at radius 3 is 1.07 bits per heavy atom. The first kappa shape index (κ1) is 8.45. The zero-order valence-corrected chi connectivity index (χ0v) is 8.14. The molecular weight excluding hydrogens is 176 g/mol. The first-order valence-corrected chi connectivity index (χ1v) is 5.25. The van der Waals surface area contributed by atoms with Gasteiger partial charge in [0.25, 0.3) is 0 Å². The molecule has 0 saturated heterocycles. The van der Waals surface area contributed by atoms with Crippen molar-refractivity contribution >= 4 is 0 Å². The molecule has 3 rings (SSSR count). The molecule has 2 nitrogen and oxygen atoms in total.